The van der Waals surface area contributed by atoms with Crippen LogP contribution in [0.3, 0.4) is 0 Å². The predicted octanol–water partition coefficient (Wildman–Crippen LogP) is 3.05. The van der Waals surface area contributed by atoms with E-state index in [2.05, 4.69) is 21.2 Å². The summed E-state index contributed by atoms with van der Waals surface area (Å²) < 4.78 is 13.5. The molecule has 1 saturated carbocycles. The molecule has 1 amide bonds. The maximum atomic E-state index is 13.0. The standard InChI is InChI=1S/C13H16BrFN2O/c14-10-7-9(15)3-4-11(10)17-12(18)13(8-16)5-1-2-6-13/h3-4,7H,1-2,5-6,8,16H2,(H,17,18). The monoisotopic (exact) mass is 314 g/mol. The van der Waals surface area contributed by atoms with Gasteiger partial charge in [0.1, 0.15) is 5.82 Å². The summed E-state index contributed by atoms with van der Waals surface area (Å²) in [5.74, 6) is -0.399. The first-order chi connectivity index (χ1) is 8.57. The highest BCUT2D eigenvalue weighted by atomic mass is 79.9. The third kappa shape index (κ3) is 2.57. The lowest BCUT2D eigenvalue weighted by atomic mass is 9.85. The zero-order chi connectivity index (χ0) is 13.2. The van der Waals surface area contributed by atoms with Crippen LogP contribution in [0.25, 0.3) is 0 Å². The Labute approximate surface area is 114 Å². The van der Waals surface area contributed by atoms with Gasteiger partial charge in [0.15, 0.2) is 0 Å². The highest BCUT2D eigenvalue weighted by Gasteiger charge is 2.39. The van der Waals surface area contributed by atoms with E-state index >= 15 is 0 Å². The fraction of sp³-hybridized carbons (Fsp3) is 0.462. The van der Waals surface area contributed by atoms with E-state index < -0.39 is 5.41 Å². The minimum absolute atomic E-state index is 0.0604. The maximum Gasteiger partial charge on any atom is 0.231 e. The van der Waals surface area contributed by atoms with Crippen molar-refractivity contribution in [1.29, 1.82) is 0 Å². The second-order valence-electron chi connectivity index (χ2n) is 4.77. The van der Waals surface area contributed by atoms with E-state index in [9.17, 15) is 9.18 Å². The van der Waals surface area contributed by atoms with Crippen LogP contribution in [0.15, 0.2) is 22.7 Å². The number of nitrogens with two attached hydrogens (primary N) is 1. The molecular weight excluding hydrogens is 299 g/mol. The van der Waals surface area contributed by atoms with Gasteiger partial charge in [-0.25, -0.2) is 4.39 Å². The Balaban J connectivity index is 2.15. The fourth-order valence-electron chi connectivity index (χ4n) is 2.42. The van der Waals surface area contributed by atoms with Crippen molar-refractivity contribution < 1.29 is 9.18 Å². The van der Waals surface area contributed by atoms with Crippen LogP contribution in [-0.4, -0.2) is 12.5 Å². The molecule has 1 aliphatic rings. The quantitative estimate of drug-likeness (QED) is 0.901. The van der Waals surface area contributed by atoms with Crippen LogP contribution >= 0.6 is 15.9 Å². The minimum atomic E-state index is -0.451. The number of hydrogen-bond acceptors (Lipinski definition) is 2. The molecular formula is C13H16BrFN2O. The largest absolute Gasteiger partial charge is 0.329 e. The van der Waals surface area contributed by atoms with Gasteiger partial charge in [-0.2, -0.15) is 0 Å². The Morgan fingerprint density at radius 3 is 2.67 bits per heavy atom. The molecule has 98 valence electrons. The zero-order valence-corrected chi connectivity index (χ0v) is 11.6. The molecule has 1 aromatic rings. The van der Waals surface area contributed by atoms with Crippen molar-refractivity contribution in [2.45, 2.75) is 25.7 Å². The number of hydrogen-bond donors (Lipinski definition) is 2. The zero-order valence-electron chi connectivity index (χ0n) is 10.0. The molecule has 0 atom stereocenters. The Hall–Kier alpha value is -0.940. The van der Waals surface area contributed by atoms with Crippen LogP contribution < -0.4 is 11.1 Å². The summed E-state index contributed by atoms with van der Waals surface area (Å²) in [5.41, 5.74) is 5.89. The van der Waals surface area contributed by atoms with Crippen molar-refractivity contribution in [3.8, 4) is 0 Å². The van der Waals surface area contributed by atoms with Crippen LogP contribution in [0.4, 0.5) is 10.1 Å². The van der Waals surface area contributed by atoms with Gasteiger partial charge in [0.25, 0.3) is 0 Å². The van der Waals surface area contributed by atoms with Crippen LogP contribution in [0.1, 0.15) is 25.7 Å². The maximum absolute atomic E-state index is 13.0. The Morgan fingerprint density at radius 1 is 1.44 bits per heavy atom. The van der Waals surface area contributed by atoms with Crippen molar-refractivity contribution in [2.24, 2.45) is 11.1 Å². The number of amides is 1. The SMILES string of the molecule is NCC1(C(=O)Nc2ccc(F)cc2Br)CCCC1. The molecule has 5 heteroatoms. The number of rotatable bonds is 3. The molecule has 0 bridgehead atoms. The lowest BCUT2D eigenvalue weighted by molar-refractivity contribution is -0.124. The number of carbonyl (C=O) groups excluding carboxylic acids is 1. The first-order valence-electron chi connectivity index (χ1n) is 6.04. The smallest absolute Gasteiger partial charge is 0.231 e. The summed E-state index contributed by atoms with van der Waals surface area (Å²) in [6, 6.07) is 4.21. The topological polar surface area (TPSA) is 55.1 Å². The van der Waals surface area contributed by atoms with Gasteiger partial charge in [-0.3, -0.25) is 4.79 Å². The van der Waals surface area contributed by atoms with Crippen molar-refractivity contribution in [3.63, 3.8) is 0 Å². The summed E-state index contributed by atoms with van der Waals surface area (Å²) in [6.07, 6.45) is 3.73. The van der Waals surface area contributed by atoms with E-state index in [0.29, 0.717) is 16.7 Å². The Kier molecular flexibility index (Phi) is 4.02. The highest BCUT2D eigenvalue weighted by Crippen LogP contribution is 2.38. The summed E-state index contributed by atoms with van der Waals surface area (Å²) in [6.45, 7) is 0.359. The van der Waals surface area contributed by atoms with Gasteiger partial charge >= 0.3 is 0 Å². The van der Waals surface area contributed by atoms with Crippen LogP contribution in [0, 0.1) is 11.2 Å². The van der Waals surface area contributed by atoms with Crippen LogP contribution in [0.2, 0.25) is 0 Å². The Bertz CT molecular complexity index is 458. The number of anilines is 1. The molecule has 1 aliphatic carbocycles. The first kappa shape index (κ1) is 13.5. The normalized spacial score (nSPS) is 17.7. The number of nitrogens with one attached hydrogen (secondary N) is 1. The molecule has 18 heavy (non-hydrogen) atoms. The molecule has 0 spiro atoms. The summed E-state index contributed by atoms with van der Waals surface area (Å²) in [7, 11) is 0. The number of benzene rings is 1. The van der Waals surface area contributed by atoms with E-state index in [-0.39, 0.29) is 11.7 Å². The van der Waals surface area contributed by atoms with Gasteiger partial charge in [0.2, 0.25) is 5.91 Å². The van der Waals surface area contributed by atoms with E-state index in [4.69, 9.17) is 5.73 Å². The fourth-order valence-corrected chi connectivity index (χ4v) is 2.87. The van der Waals surface area contributed by atoms with Gasteiger partial charge < -0.3 is 11.1 Å². The molecule has 1 aromatic carbocycles. The summed E-state index contributed by atoms with van der Waals surface area (Å²) in [4.78, 5) is 12.3. The van der Waals surface area contributed by atoms with Gasteiger partial charge in [-0.1, -0.05) is 12.8 Å². The summed E-state index contributed by atoms with van der Waals surface area (Å²) >= 11 is 3.24. The highest BCUT2D eigenvalue weighted by molar-refractivity contribution is 9.10. The number of halogens is 2. The van der Waals surface area contributed by atoms with Crippen molar-refractivity contribution in [3.05, 3.63) is 28.5 Å². The van der Waals surface area contributed by atoms with Crippen molar-refractivity contribution in [1.82, 2.24) is 0 Å². The molecule has 3 N–H and O–H groups in total. The second kappa shape index (κ2) is 5.36. The lowest BCUT2D eigenvalue weighted by Crippen LogP contribution is -2.40. The third-order valence-electron chi connectivity index (χ3n) is 3.61. The molecule has 0 unspecified atom stereocenters. The summed E-state index contributed by atoms with van der Waals surface area (Å²) in [5, 5.41) is 2.84. The second-order valence-corrected chi connectivity index (χ2v) is 5.62. The molecule has 0 saturated heterocycles. The van der Waals surface area contributed by atoms with Gasteiger partial charge in [-0.05, 0) is 47.0 Å². The van der Waals surface area contributed by atoms with Crippen LogP contribution in [-0.2, 0) is 4.79 Å². The van der Waals surface area contributed by atoms with E-state index in [1.54, 1.807) is 6.07 Å². The van der Waals surface area contributed by atoms with Crippen LogP contribution in [0.5, 0.6) is 0 Å². The molecule has 0 aliphatic heterocycles. The average molecular weight is 315 g/mol. The van der Waals surface area contributed by atoms with E-state index in [0.717, 1.165) is 25.7 Å². The molecule has 0 heterocycles. The van der Waals surface area contributed by atoms with Crippen molar-refractivity contribution in [2.75, 3.05) is 11.9 Å². The predicted molar refractivity (Wildman–Crippen MR) is 72.7 cm³/mol. The van der Waals surface area contributed by atoms with Gasteiger partial charge in [0, 0.05) is 11.0 Å². The number of carbonyl (C=O) groups is 1. The molecule has 1 fully saturated rings. The third-order valence-corrected chi connectivity index (χ3v) is 4.27. The molecule has 3 nitrogen and oxygen atoms in total. The molecule has 2 rings (SSSR count). The van der Waals surface area contributed by atoms with E-state index in [1.165, 1.54) is 12.1 Å². The van der Waals surface area contributed by atoms with E-state index in [1.807, 2.05) is 0 Å². The minimum Gasteiger partial charge on any atom is -0.329 e. The molecule has 0 aromatic heterocycles. The molecule has 0 radical (unpaired) electrons. The Morgan fingerprint density at radius 2 is 2.11 bits per heavy atom. The average Bonchev–Trinajstić information content (AvgIpc) is 2.82. The van der Waals surface area contributed by atoms with Gasteiger partial charge in [0.05, 0.1) is 11.1 Å². The van der Waals surface area contributed by atoms with Crippen molar-refractivity contribution >= 4 is 27.5 Å². The lowest BCUT2D eigenvalue weighted by Gasteiger charge is -2.26. The van der Waals surface area contributed by atoms with Gasteiger partial charge in [-0.15, -0.1) is 0 Å². The first-order valence-corrected chi connectivity index (χ1v) is 6.83.